The number of hydrogen-bond acceptors (Lipinski definition) is 6. The van der Waals surface area contributed by atoms with Crippen LogP contribution in [0.1, 0.15) is 36.5 Å². The molecule has 0 saturated heterocycles. The van der Waals surface area contributed by atoms with Crippen molar-refractivity contribution in [1.29, 1.82) is 0 Å². The lowest BCUT2D eigenvalue weighted by Crippen LogP contribution is -2.29. The van der Waals surface area contributed by atoms with E-state index in [2.05, 4.69) is 16.0 Å². The van der Waals surface area contributed by atoms with Gasteiger partial charge in [-0.25, -0.2) is 9.59 Å². The van der Waals surface area contributed by atoms with Crippen molar-refractivity contribution in [3.05, 3.63) is 52.0 Å². The molecule has 1 aliphatic heterocycles. The molecule has 174 valence electrons. The quantitative estimate of drug-likeness (QED) is 0.512. The van der Waals surface area contributed by atoms with Gasteiger partial charge in [-0.2, -0.15) is 0 Å². The number of aromatic hydroxyl groups is 1. The van der Waals surface area contributed by atoms with Gasteiger partial charge in [-0.05, 0) is 61.7 Å². The van der Waals surface area contributed by atoms with Gasteiger partial charge in [0.1, 0.15) is 5.75 Å². The number of hydrogen-bond donors (Lipinski definition) is 4. The molecule has 1 atom stereocenters. The summed E-state index contributed by atoms with van der Waals surface area (Å²) in [7, 11) is 0. The molecular weight excluding hydrogens is 457 g/mol. The predicted octanol–water partition coefficient (Wildman–Crippen LogP) is 3.96. The van der Waals surface area contributed by atoms with Crippen molar-refractivity contribution < 1.29 is 24.2 Å². The van der Waals surface area contributed by atoms with Crippen LogP contribution in [-0.2, 0) is 6.42 Å². The largest absolute Gasteiger partial charge is 0.508 e. The third-order valence-electron chi connectivity index (χ3n) is 4.93. The minimum absolute atomic E-state index is 0. The Morgan fingerprint density at radius 3 is 2.38 bits per heavy atom. The van der Waals surface area contributed by atoms with Crippen LogP contribution in [0.25, 0.3) is 0 Å². The molecule has 0 spiro atoms. The molecule has 1 aliphatic rings. The van der Waals surface area contributed by atoms with E-state index >= 15 is 0 Å². The number of fused-ring (bicyclic) bond motifs is 1. The number of nitrogens with one attached hydrogen (secondary N) is 3. The van der Waals surface area contributed by atoms with Gasteiger partial charge in [-0.1, -0.05) is 23.7 Å². The Morgan fingerprint density at radius 2 is 1.75 bits per heavy atom. The van der Waals surface area contributed by atoms with Gasteiger partial charge in [0.25, 0.3) is 0 Å². The van der Waals surface area contributed by atoms with Crippen molar-refractivity contribution in [3.63, 3.8) is 0 Å². The topological polar surface area (TPSA) is 109 Å². The first kappa shape index (κ1) is 25.6. The molecular formula is C22H27Cl2N3O5. The van der Waals surface area contributed by atoms with Gasteiger partial charge in [-0.15, -0.1) is 12.4 Å². The molecule has 2 aromatic carbocycles. The van der Waals surface area contributed by atoms with Gasteiger partial charge >= 0.3 is 12.2 Å². The zero-order chi connectivity index (χ0) is 22.4. The minimum Gasteiger partial charge on any atom is -0.508 e. The highest BCUT2D eigenvalue weighted by Gasteiger charge is 2.28. The zero-order valence-corrected chi connectivity index (χ0v) is 19.4. The fourth-order valence-corrected chi connectivity index (χ4v) is 3.86. The van der Waals surface area contributed by atoms with Crippen LogP contribution in [-0.4, -0.2) is 43.5 Å². The number of phenolic OH excluding ortho intramolecular Hbond substituents is 1. The van der Waals surface area contributed by atoms with E-state index in [1.165, 1.54) is 0 Å². The maximum absolute atomic E-state index is 12.1. The van der Waals surface area contributed by atoms with Crippen molar-refractivity contribution in [1.82, 2.24) is 16.0 Å². The first-order valence-electron chi connectivity index (χ1n) is 10.2. The van der Waals surface area contributed by atoms with Crippen molar-refractivity contribution >= 4 is 36.2 Å². The lowest BCUT2D eigenvalue weighted by atomic mass is 9.87. The van der Waals surface area contributed by atoms with E-state index in [0.29, 0.717) is 32.6 Å². The summed E-state index contributed by atoms with van der Waals surface area (Å²) in [6, 6.07) is 8.64. The fourth-order valence-electron chi connectivity index (χ4n) is 3.53. The molecule has 3 rings (SSSR count). The number of carbonyl (C=O) groups is 2. The monoisotopic (exact) mass is 483 g/mol. The van der Waals surface area contributed by atoms with Gasteiger partial charge in [0.15, 0.2) is 11.5 Å². The Hall–Kier alpha value is -2.68. The van der Waals surface area contributed by atoms with Crippen LogP contribution in [0.2, 0.25) is 5.02 Å². The van der Waals surface area contributed by atoms with Gasteiger partial charge in [-0.3, -0.25) is 0 Å². The van der Waals surface area contributed by atoms with E-state index in [1.807, 2.05) is 12.1 Å². The number of rotatable bonds is 5. The van der Waals surface area contributed by atoms with E-state index in [1.54, 1.807) is 32.0 Å². The molecule has 4 N–H and O–H groups in total. The van der Waals surface area contributed by atoms with E-state index in [9.17, 15) is 14.7 Å². The summed E-state index contributed by atoms with van der Waals surface area (Å²) in [6.45, 7) is 5.60. The maximum Gasteiger partial charge on any atom is 0.412 e. The van der Waals surface area contributed by atoms with Crippen LogP contribution >= 0.6 is 24.0 Å². The number of halogens is 2. The maximum atomic E-state index is 12.1. The lowest BCUT2D eigenvalue weighted by molar-refractivity contribution is 0.190. The van der Waals surface area contributed by atoms with Crippen LogP contribution in [0.5, 0.6) is 17.2 Å². The molecule has 0 radical (unpaired) electrons. The van der Waals surface area contributed by atoms with Gasteiger partial charge in [0, 0.05) is 25.6 Å². The molecule has 10 heteroatoms. The van der Waals surface area contributed by atoms with E-state index in [-0.39, 0.29) is 40.6 Å². The van der Waals surface area contributed by atoms with Crippen LogP contribution in [0.15, 0.2) is 30.3 Å². The molecule has 2 aromatic rings. The molecule has 0 aromatic heterocycles. The summed E-state index contributed by atoms with van der Waals surface area (Å²) in [5, 5.41) is 18.4. The van der Waals surface area contributed by atoms with E-state index < -0.39 is 12.2 Å². The molecule has 8 nitrogen and oxygen atoms in total. The molecule has 32 heavy (non-hydrogen) atoms. The van der Waals surface area contributed by atoms with Crippen molar-refractivity contribution in [2.75, 3.05) is 26.2 Å². The highest BCUT2D eigenvalue weighted by atomic mass is 35.5. The first-order valence-corrected chi connectivity index (χ1v) is 10.6. The van der Waals surface area contributed by atoms with Crippen LogP contribution in [0.3, 0.4) is 0 Å². The van der Waals surface area contributed by atoms with Gasteiger partial charge in [0.2, 0.25) is 0 Å². The zero-order valence-electron chi connectivity index (χ0n) is 17.9. The number of amides is 2. The average molecular weight is 484 g/mol. The number of phenols is 1. The molecule has 0 unspecified atom stereocenters. The molecule has 0 aliphatic carbocycles. The molecule has 1 heterocycles. The average Bonchev–Trinajstić information content (AvgIpc) is 2.94. The Kier molecular flexibility index (Phi) is 9.43. The van der Waals surface area contributed by atoms with Gasteiger partial charge in [0.05, 0.1) is 5.02 Å². The Bertz CT molecular complexity index is 954. The van der Waals surface area contributed by atoms with Crippen molar-refractivity contribution in [3.8, 4) is 17.2 Å². The van der Waals surface area contributed by atoms with Crippen molar-refractivity contribution in [2.24, 2.45) is 0 Å². The summed E-state index contributed by atoms with van der Waals surface area (Å²) in [4.78, 5) is 24.2. The smallest absolute Gasteiger partial charge is 0.412 e. The molecule has 0 fully saturated rings. The normalized spacial score (nSPS) is 14.9. The van der Waals surface area contributed by atoms with Crippen LogP contribution in [0.4, 0.5) is 9.59 Å². The summed E-state index contributed by atoms with van der Waals surface area (Å²) in [6.07, 6.45) is -0.755. The number of carbonyl (C=O) groups excluding carboxylic acids is 2. The first-order chi connectivity index (χ1) is 14.9. The highest BCUT2D eigenvalue weighted by Crippen LogP contribution is 2.44. The third-order valence-corrected chi connectivity index (χ3v) is 5.33. The Morgan fingerprint density at radius 1 is 1.12 bits per heavy atom. The summed E-state index contributed by atoms with van der Waals surface area (Å²) in [5.74, 6) is 0.135. The number of ether oxygens (including phenoxy) is 2. The summed E-state index contributed by atoms with van der Waals surface area (Å²) in [5.41, 5.74) is 2.64. The molecule has 0 bridgehead atoms. The fraction of sp³-hybridized carbons (Fsp3) is 0.364. The summed E-state index contributed by atoms with van der Waals surface area (Å²) < 4.78 is 10.9. The number of benzene rings is 2. The summed E-state index contributed by atoms with van der Waals surface area (Å²) >= 11 is 6.70. The second kappa shape index (κ2) is 11.8. The van der Waals surface area contributed by atoms with E-state index in [4.69, 9.17) is 21.1 Å². The second-order valence-electron chi connectivity index (χ2n) is 7.02. The highest BCUT2D eigenvalue weighted by molar-refractivity contribution is 6.33. The minimum atomic E-state index is -0.688. The lowest BCUT2D eigenvalue weighted by Gasteiger charge is -2.22. The predicted molar refractivity (Wildman–Crippen MR) is 125 cm³/mol. The second-order valence-corrected chi connectivity index (χ2v) is 7.40. The van der Waals surface area contributed by atoms with E-state index in [0.717, 1.165) is 16.7 Å². The molecule has 2 amide bonds. The standard InChI is InChI=1S/C22H26ClN3O5.ClH/c1-3-25-21(28)30-18-11-16-15(19(23)20(18)31-22(29)26-4-2)9-10-24-12-17(16)13-5-7-14(27)8-6-13;/h5-8,11,17,24,27H,3-4,9-10,12H2,1-2H3,(H,25,28)(H,26,29);1H/t17-;/m1./s1. The van der Waals surface area contributed by atoms with Gasteiger partial charge < -0.3 is 30.5 Å². The third kappa shape index (κ3) is 5.97. The Labute approximate surface area is 198 Å². The van der Waals surface area contributed by atoms with Crippen LogP contribution < -0.4 is 25.4 Å². The molecule has 0 saturated carbocycles. The van der Waals surface area contributed by atoms with Crippen LogP contribution in [0, 0.1) is 0 Å². The Balaban J connectivity index is 0.00000363. The van der Waals surface area contributed by atoms with Crippen molar-refractivity contribution in [2.45, 2.75) is 26.2 Å². The SMILES string of the molecule is CCNC(=O)Oc1cc2c(c(Cl)c1OC(=O)NCC)CCNC[C@@H]2c1ccc(O)cc1.Cl.